The first-order valence-electron chi connectivity index (χ1n) is 39.8. The number of aromatic nitrogens is 1. The van der Waals surface area contributed by atoms with Crippen molar-refractivity contribution in [3.63, 3.8) is 0 Å². The summed E-state index contributed by atoms with van der Waals surface area (Å²) in [7, 11) is 1.46. The van der Waals surface area contributed by atoms with Crippen LogP contribution in [0, 0.1) is 5.92 Å². The van der Waals surface area contributed by atoms with E-state index in [0.717, 1.165) is 91.0 Å². The van der Waals surface area contributed by atoms with Crippen LogP contribution >= 0.6 is 23.2 Å². The van der Waals surface area contributed by atoms with Crippen LogP contribution in [-0.2, 0) is 63.9 Å². The van der Waals surface area contributed by atoms with Gasteiger partial charge in [-0.15, -0.1) is 13.2 Å². The highest BCUT2D eigenvalue weighted by molar-refractivity contribution is 6.32. The van der Waals surface area contributed by atoms with Crippen LogP contribution in [0.25, 0.3) is 17.2 Å². The van der Waals surface area contributed by atoms with Gasteiger partial charge in [0.05, 0.1) is 59.8 Å². The first-order chi connectivity index (χ1) is 60.7. The zero-order chi connectivity index (χ0) is 92.7. The van der Waals surface area contributed by atoms with Crippen LogP contribution in [0.2, 0.25) is 10.0 Å². The lowest BCUT2D eigenvalue weighted by Gasteiger charge is -2.48. The molecular weight excluding hydrogens is 1730 g/mol. The molecule has 23 N–H and O–H groups in total. The number of aromatic hydroxyl groups is 3. The Bertz CT molecular complexity index is 5390. The number of pyridine rings is 1. The van der Waals surface area contributed by atoms with E-state index in [1.807, 2.05) is 0 Å². The van der Waals surface area contributed by atoms with Gasteiger partial charge in [-0.25, -0.2) is 5.43 Å². The SMILES string of the molecule is CNC(CC(C)C)C(=O)NC1C(=O)NC(CC(N)=O)C(=O)NC2C(=O)NC3C(=O)NC(C(=O)NC(C(=O)NNCCO)c4cc(O)cc(O)c4-c4cc3ccc4O)C(O)c3ccc(c(Cl)c3)Oc3cc2cc(c3OC2OC(CO)C(O)C(O)C2OC2CC(C)(NCc3cncc(NC(=O)/C=C/c4cccc(OC(F)(F)F)c4)c3)C(O)C(C)O2)Oc2ccc(cc2Cl)C1O. The number of likely N-dealkylation sites (N-methyl/N-ethyl adjacent to an activating group) is 1. The Morgan fingerprint density at radius 1 is 0.734 bits per heavy atom. The number of aliphatic hydroxyl groups excluding tert-OH is 7. The third-order valence-electron chi connectivity index (χ3n) is 21.5. The van der Waals surface area contributed by atoms with E-state index in [-0.39, 0.29) is 59.8 Å². The summed E-state index contributed by atoms with van der Waals surface area (Å²) in [4.78, 5) is 137. The summed E-state index contributed by atoms with van der Waals surface area (Å²) in [5.41, 5.74) is 7.06. The molecule has 0 radical (unpaired) electrons. The number of hydrazine groups is 1. The zero-order valence-electron chi connectivity index (χ0n) is 68.5. The number of nitrogens with zero attached hydrogens (tertiary/aromatic N) is 1. The van der Waals surface area contributed by atoms with Gasteiger partial charge < -0.3 is 138 Å². The summed E-state index contributed by atoms with van der Waals surface area (Å²) in [5, 5.41) is 139. The second-order valence-corrected chi connectivity index (χ2v) is 32.1. The maximum Gasteiger partial charge on any atom is 0.573 e. The lowest BCUT2D eigenvalue weighted by molar-refractivity contribution is -0.334. The van der Waals surface area contributed by atoms with Gasteiger partial charge >= 0.3 is 6.36 Å². The van der Waals surface area contributed by atoms with Crippen LogP contribution < -0.4 is 83.4 Å². The molecule has 2 saturated heterocycles. The largest absolute Gasteiger partial charge is 0.573 e. The first-order valence-corrected chi connectivity index (χ1v) is 40.6. The number of ether oxygens (including phenoxy) is 7. The van der Waals surface area contributed by atoms with Crippen molar-refractivity contribution in [3.8, 4) is 62.9 Å². The molecule has 18 atom stereocenters. The van der Waals surface area contributed by atoms with Crippen LogP contribution in [0.4, 0.5) is 18.9 Å². The van der Waals surface area contributed by atoms with E-state index in [4.69, 9.17) is 57.4 Å². The van der Waals surface area contributed by atoms with E-state index in [1.165, 1.54) is 56.7 Å². The molecule has 11 bridgehead atoms. The molecule has 1 aromatic heterocycles. The number of anilines is 1. The molecule has 14 rings (SSSR count). The number of hydrogen-bond donors (Lipinski definition) is 22. The number of nitrogens with one attached hydrogen (secondary N) is 11. The average Bonchev–Trinajstić information content (AvgIpc) is 0.769. The number of alkyl halides is 3. The molecule has 7 aliphatic heterocycles. The molecule has 44 heteroatoms. The summed E-state index contributed by atoms with van der Waals surface area (Å²) in [5.74, 6) is -17.0. The minimum atomic E-state index is -4.96. The van der Waals surface area contributed by atoms with E-state index in [0.29, 0.717) is 5.56 Å². The normalized spacial score (nSPS) is 25.8. The highest BCUT2D eigenvalue weighted by Gasteiger charge is 2.53. The Balaban J connectivity index is 0.997. The van der Waals surface area contributed by atoms with Crippen molar-refractivity contribution in [2.75, 3.05) is 32.1 Å². The molecule has 128 heavy (non-hydrogen) atoms. The molecule has 2 fully saturated rings. The number of nitrogens with two attached hydrogens (primary N) is 1. The molecular formula is C84H92Cl2F3N13O26. The molecule has 8 heterocycles. The number of rotatable bonds is 23. The summed E-state index contributed by atoms with van der Waals surface area (Å²) in [6.07, 6.45) is -19.7. The predicted octanol–water partition coefficient (Wildman–Crippen LogP) is 2.41. The summed E-state index contributed by atoms with van der Waals surface area (Å²) in [6, 6.07) is 5.62. The maximum absolute atomic E-state index is 16.3. The number of amides is 9. The number of phenols is 3. The van der Waals surface area contributed by atoms with Crippen LogP contribution in [0.15, 0.2) is 128 Å². The minimum Gasteiger partial charge on any atom is -0.508 e. The summed E-state index contributed by atoms with van der Waals surface area (Å²) < 4.78 is 82.2. The molecule has 39 nitrogen and oxygen atoms in total. The number of aliphatic hydroxyl groups is 7. The fraction of sp³-hybridized carbons (Fsp3) is 0.381. The first kappa shape index (κ1) is 95.0. The molecule has 7 aromatic rings. The van der Waals surface area contributed by atoms with Gasteiger partial charge in [-0.05, 0) is 151 Å². The van der Waals surface area contributed by atoms with Crippen molar-refractivity contribution in [3.05, 3.63) is 177 Å². The van der Waals surface area contributed by atoms with Gasteiger partial charge in [0.25, 0.3) is 5.91 Å². The van der Waals surface area contributed by atoms with E-state index >= 15 is 24.0 Å². The quantitative estimate of drug-likeness (QED) is 0.0248. The summed E-state index contributed by atoms with van der Waals surface area (Å²) in [6.45, 7) is 4.72. The highest BCUT2D eigenvalue weighted by Crippen LogP contribution is 2.50. The van der Waals surface area contributed by atoms with Crippen LogP contribution in [0.5, 0.6) is 51.7 Å². The highest BCUT2D eigenvalue weighted by atomic mass is 35.5. The van der Waals surface area contributed by atoms with Crippen LogP contribution in [-0.4, -0.2) is 221 Å². The molecule has 0 spiro atoms. The van der Waals surface area contributed by atoms with Crippen molar-refractivity contribution in [1.82, 2.24) is 58.4 Å². The molecule has 0 aliphatic carbocycles. The van der Waals surface area contributed by atoms with E-state index in [9.17, 15) is 83.4 Å². The molecule has 6 aromatic carbocycles. The van der Waals surface area contributed by atoms with E-state index in [1.54, 1.807) is 20.8 Å². The van der Waals surface area contributed by atoms with E-state index in [2.05, 4.69) is 68.4 Å². The number of carbonyl (C=O) groups excluding carboxylic acids is 9. The van der Waals surface area contributed by atoms with Crippen LogP contribution in [0.3, 0.4) is 0 Å². The molecule has 18 unspecified atom stereocenters. The van der Waals surface area contributed by atoms with Crippen molar-refractivity contribution in [2.24, 2.45) is 11.7 Å². The molecule has 7 aliphatic rings. The number of carbonyl (C=O) groups is 9. The lowest BCUT2D eigenvalue weighted by Crippen LogP contribution is -2.65. The monoisotopic (exact) mass is 1830 g/mol. The van der Waals surface area contributed by atoms with Gasteiger partial charge in [-0.2, -0.15) is 0 Å². The Morgan fingerprint density at radius 3 is 2.05 bits per heavy atom. The van der Waals surface area contributed by atoms with Crippen molar-refractivity contribution in [2.45, 2.75) is 169 Å². The van der Waals surface area contributed by atoms with Crippen molar-refractivity contribution in [1.29, 1.82) is 0 Å². The van der Waals surface area contributed by atoms with Gasteiger partial charge in [0.2, 0.25) is 59.3 Å². The number of halogens is 5. The second-order valence-electron chi connectivity index (χ2n) is 31.3. The Kier molecular flexibility index (Phi) is 30.0. The lowest BCUT2D eigenvalue weighted by atomic mass is 9.84. The van der Waals surface area contributed by atoms with Gasteiger partial charge in [-0.1, -0.05) is 67.4 Å². The Morgan fingerprint density at radius 2 is 1.40 bits per heavy atom. The average molecular weight is 1830 g/mol. The van der Waals surface area contributed by atoms with E-state index < -0.39 is 272 Å². The maximum atomic E-state index is 16.3. The predicted molar refractivity (Wildman–Crippen MR) is 443 cm³/mol. The topological polar surface area (TPSA) is 592 Å². The number of phenolic OH excluding ortho intramolecular Hbond substituents is 3. The number of hydrogen-bond acceptors (Lipinski definition) is 30. The third kappa shape index (κ3) is 22.3. The van der Waals surface area contributed by atoms with Gasteiger partial charge in [0.15, 0.2) is 23.9 Å². The molecule has 0 saturated carbocycles. The number of fused-ring (bicyclic) bond motifs is 15. The zero-order valence-corrected chi connectivity index (χ0v) is 70.0. The van der Waals surface area contributed by atoms with Gasteiger partial charge in [0, 0.05) is 54.5 Å². The summed E-state index contributed by atoms with van der Waals surface area (Å²) >= 11 is 14.4. The van der Waals surface area contributed by atoms with Crippen LogP contribution in [0.1, 0.15) is 116 Å². The molecule has 9 amide bonds. The fourth-order valence-electron chi connectivity index (χ4n) is 15.1. The molecule has 684 valence electrons. The van der Waals surface area contributed by atoms with Crippen molar-refractivity contribution >= 4 is 88.1 Å². The number of primary amides is 1. The minimum absolute atomic E-state index is 0.0910. The Hall–Kier alpha value is -12.1. The van der Waals surface area contributed by atoms with Gasteiger partial charge in [0.1, 0.15) is 101 Å². The fourth-order valence-corrected chi connectivity index (χ4v) is 15.5. The van der Waals surface area contributed by atoms with Gasteiger partial charge in [-0.3, -0.25) is 53.6 Å². The Labute approximate surface area is 736 Å². The van der Waals surface area contributed by atoms with Crippen molar-refractivity contribution < 1.29 is 141 Å². The number of benzene rings is 6. The standard InChI is InChI=1S/C84H92Cl2F3N13O26/c1-35(2)19-50(91-5)75(115)100-66-68(110)40-11-14-54(48(85)23-40)123-56-25-42-26-57(72(56)127-82-73(71(113)70(112)58(34-104)125-82)126-61-30-83(4,74(114)36(3)122-61)93-32-38-20-43(33-92-31-38)95-60(109)16-9-37-7-6-8-45(21-37)128-84(87,88)89)124-55-15-12-41(24-49(55)86)69(111)67-80(120)99-65(81(121)102-94-17-18-103)47-27-44(105)28-53(107)62(47)46-22-39(10-13-52(46)106)63(77(117)101-67)98-78(118)64(42)97-76(116)51(29-59(90)108)96-79(66)119/h6-16,20-28,31,33,35-36,50-51,58,61,63-71,73-74,82,91,93-94,103-107,110-114H,17-19,29-30,32,34H2,1-5H3,(H2,90,108)(H,95,109)(H,96,119)(H,97,116)(H,98,118)(H,99,120)(H,100,115)(H,101,117)(H,102,121)/b16-9+. The second kappa shape index (κ2) is 40.5. The smallest absolute Gasteiger partial charge is 0.508 e. The third-order valence-corrected chi connectivity index (χ3v) is 22.1.